The van der Waals surface area contributed by atoms with Crippen molar-refractivity contribution in [3.8, 4) is 22.3 Å². The smallest absolute Gasteiger partial charge is 0.333 e. The van der Waals surface area contributed by atoms with Crippen LogP contribution in [0.2, 0.25) is 0 Å². The molecule has 178 valence electrons. The second kappa shape index (κ2) is 12.9. The van der Waals surface area contributed by atoms with E-state index in [1.165, 1.54) is 36.0 Å². The fourth-order valence-corrected chi connectivity index (χ4v) is 4.02. The van der Waals surface area contributed by atoms with E-state index in [0.29, 0.717) is 12.0 Å². The molecule has 0 spiro atoms. The first-order valence-electron chi connectivity index (χ1n) is 12.3. The number of aliphatic hydroxyl groups is 1. The Kier molecular flexibility index (Phi) is 9.66. The SMILES string of the molecule is C=C(C)C(=O)OCc1cc(-c2ccc(-c3ccc(CCCCC)cc3)cc2)ccc1CCCO. The summed E-state index contributed by atoms with van der Waals surface area (Å²) in [5, 5.41) is 9.23. The first-order valence-corrected chi connectivity index (χ1v) is 12.3. The number of unbranched alkanes of at least 4 members (excludes halogenated alkanes) is 2. The number of carbonyl (C=O) groups excluding carboxylic acids is 1. The molecular formula is C31H36O3. The molecule has 0 saturated heterocycles. The van der Waals surface area contributed by atoms with Crippen LogP contribution in [0.25, 0.3) is 22.3 Å². The number of carbonyl (C=O) groups is 1. The van der Waals surface area contributed by atoms with Gasteiger partial charge in [0.15, 0.2) is 0 Å². The van der Waals surface area contributed by atoms with Crippen LogP contribution in [0.5, 0.6) is 0 Å². The fourth-order valence-electron chi connectivity index (χ4n) is 4.02. The van der Waals surface area contributed by atoms with Gasteiger partial charge < -0.3 is 9.84 Å². The standard InChI is InChI=1S/C31H36O3/c1-4-5-6-8-24-10-12-26(13-11-24)27-14-16-28(17-15-27)29-19-18-25(9-7-20-32)30(21-29)22-34-31(33)23(2)3/h10-19,21,32H,2,4-9,20,22H2,1,3H3. The summed E-state index contributed by atoms with van der Waals surface area (Å²) >= 11 is 0. The average molecular weight is 457 g/mol. The molecule has 0 aliphatic heterocycles. The molecule has 3 heteroatoms. The van der Waals surface area contributed by atoms with Crippen LogP contribution in [0, 0.1) is 0 Å². The first-order chi connectivity index (χ1) is 16.5. The van der Waals surface area contributed by atoms with E-state index in [-0.39, 0.29) is 19.2 Å². The van der Waals surface area contributed by atoms with Crippen molar-refractivity contribution in [2.75, 3.05) is 6.61 Å². The van der Waals surface area contributed by atoms with Gasteiger partial charge in [-0.2, -0.15) is 0 Å². The van der Waals surface area contributed by atoms with Gasteiger partial charge in [0.2, 0.25) is 0 Å². The van der Waals surface area contributed by atoms with Gasteiger partial charge in [-0.25, -0.2) is 4.79 Å². The van der Waals surface area contributed by atoms with Crippen molar-refractivity contribution in [3.63, 3.8) is 0 Å². The molecule has 0 saturated carbocycles. The molecule has 34 heavy (non-hydrogen) atoms. The van der Waals surface area contributed by atoms with E-state index in [1.54, 1.807) is 6.92 Å². The molecule has 1 N–H and O–H groups in total. The molecule has 0 bridgehead atoms. The van der Waals surface area contributed by atoms with Gasteiger partial charge in [-0.05, 0) is 77.6 Å². The van der Waals surface area contributed by atoms with E-state index >= 15 is 0 Å². The van der Waals surface area contributed by atoms with E-state index in [2.05, 4.69) is 80.2 Å². The zero-order valence-corrected chi connectivity index (χ0v) is 20.5. The monoisotopic (exact) mass is 456 g/mol. The topological polar surface area (TPSA) is 46.5 Å². The zero-order valence-electron chi connectivity index (χ0n) is 20.5. The van der Waals surface area contributed by atoms with Crippen LogP contribution in [0.1, 0.15) is 56.2 Å². The van der Waals surface area contributed by atoms with Crippen LogP contribution in [0.4, 0.5) is 0 Å². The summed E-state index contributed by atoms with van der Waals surface area (Å²) in [7, 11) is 0. The van der Waals surface area contributed by atoms with Crippen molar-refractivity contribution >= 4 is 5.97 Å². The molecule has 0 aliphatic rings. The molecule has 0 radical (unpaired) electrons. The summed E-state index contributed by atoms with van der Waals surface area (Å²) in [5.41, 5.74) is 8.43. The van der Waals surface area contributed by atoms with Gasteiger partial charge in [-0.3, -0.25) is 0 Å². The predicted molar refractivity (Wildman–Crippen MR) is 141 cm³/mol. The molecule has 3 rings (SSSR count). The number of ether oxygens (including phenoxy) is 1. The maximum atomic E-state index is 11.9. The van der Waals surface area contributed by atoms with Crippen molar-refractivity contribution in [2.45, 2.75) is 59.0 Å². The molecule has 3 nitrogen and oxygen atoms in total. The van der Waals surface area contributed by atoms with Crippen LogP contribution < -0.4 is 0 Å². The Morgan fingerprint density at radius 2 is 1.38 bits per heavy atom. The van der Waals surface area contributed by atoms with Crippen molar-refractivity contribution < 1.29 is 14.6 Å². The molecule has 3 aromatic rings. The average Bonchev–Trinajstić information content (AvgIpc) is 2.87. The lowest BCUT2D eigenvalue weighted by molar-refractivity contribution is -0.140. The van der Waals surface area contributed by atoms with Crippen LogP contribution in [0.3, 0.4) is 0 Å². The summed E-state index contributed by atoms with van der Waals surface area (Å²) in [6, 6.07) is 23.7. The highest BCUT2D eigenvalue weighted by molar-refractivity contribution is 5.87. The number of hydrogen-bond donors (Lipinski definition) is 1. The third-order valence-electron chi connectivity index (χ3n) is 6.09. The molecule has 0 aromatic heterocycles. The molecule has 0 heterocycles. The molecule has 3 aromatic carbocycles. The maximum Gasteiger partial charge on any atom is 0.333 e. The van der Waals surface area contributed by atoms with Gasteiger partial charge in [0.05, 0.1) is 0 Å². The number of aliphatic hydroxyl groups excluding tert-OH is 1. The number of aryl methyl sites for hydroxylation is 2. The molecule has 0 atom stereocenters. The van der Waals surface area contributed by atoms with E-state index in [9.17, 15) is 9.90 Å². The number of hydrogen-bond acceptors (Lipinski definition) is 3. The van der Waals surface area contributed by atoms with E-state index < -0.39 is 0 Å². The molecular weight excluding hydrogens is 420 g/mol. The number of rotatable bonds is 12. The summed E-state index contributed by atoms with van der Waals surface area (Å²) in [5.74, 6) is -0.390. The van der Waals surface area contributed by atoms with Crippen LogP contribution >= 0.6 is 0 Å². The summed E-state index contributed by atoms with van der Waals surface area (Å²) < 4.78 is 5.42. The van der Waals surface area contributed by atoms with Gasteiger partial charge in [0.25, 0.3) is 0 Å². The Labute approximate surface area is 204 Å². The molecule has 0 fully saturated rings. The van der Waals surface area contributed by atoms with Crippen LogP contribution in [-0.4, -0.2) is 17.7 Å². The third-order valence-corrected chi connectivity index (χ3v) is 6.09. The highest BCUT2D eigenvalue weighted by Crippen LogP contribution is 2.28. The zero-order chi connectivity index (χ0) is 24.3. The normalized spacial score (nSPS) is 10.8. The Hall–Kier alpha value is -3.17. The number of benzene rings is 3. The van der Waals surface area contributed by atoms with Gasteiger partial charge in [-0.1, -0.05) is 87.0 Å². The fraction of sp³-hybridized carbons (Fsp3) is 0.323. The second-order valence-electron chi connectivity index (χ2n) is 8.90. The maximum absolute atomic E-state index is 11.9. The van der Waals surface area contributed by atoms with Gasteiger partial charge >= 0.3 is 5.97 Å². The van der Waals surface area contributed by atoms with Crippen LogP contribution in [0.15, 0.2) is 78.9 Å². The van der Waals surface area contributed by atoms with Crippen molar-refractivity contribution in [1.82, 2.24) is 0 Å². The molecule has 0 aliphatic carbocycles. The minimum Gasteiger partial charge on any atom is -0.457 e. The number of esters is 1. The van der Waals surface area contributed by atoms with Gasteiger partial charge in [0.1, 0.15) is 6.61 Å². The minimum absolute atomic E-state index is 0.133. The lowest BCUT2D eigenvalue weighted by Gasteiger charge is -2.13. The third kappa shape index (κ3) is 7.16. The molecule has 0 unspecified atom stereocenters. The summed E-state index contributed by atoms with van der Waals surface area (Å²) in [6.45, 7) is 7.86. The van der Waals surface area contributed by atoms with Crippen molar-refractivity contribution in [1.29, 1.82) is 0 Å². The van der Waals surface area contributed by atoms with Gasteiger partial charge in [-0.15, -0.1) is 0 Å². The lowest BCUT2D eigenvalue weighted by Crippen LogP contribution is -2.07. The Morgan fingerprint density at radius 1 is 0.794 bits per heavy atom. The van der Waals surface area contributed by atoms with Gasteiger partial charge in [0, 0.05) is 12.2 Å². The highest BCUT2D eigenvalue weighted by Gasteiger charge is 2.10. The Bertz CT molecular complexity index is 1080. The molecule has 0 amide bonds. The lowest BCUT2D eigenvalue weighted by atomic mass is 9.95. The van der Waals surface area contributed by atoms with Crippen LogP contribution in [-0.2, 0) is 29.0 Å². The van der Waals surface area contributed by atoms with E-state index in [1.807, 2.05) is 0 Å². The quantitative estimate of drug-likeness (QED) is 0.177. The first kappa shape index (κ1) is 25.5. The summed E-state index contributed by atoms with van der Waals surface area (Å²) in [4.78, 5) is 11.9. The second-order valence-corrected chi connectivity index (χ2v) is 8.90. The Morgan fingerprint density at radius 3 is 1.97 bits per heavy atom. The van der Waals surface area contributed by atoms with E-state index in [0.717, 1.165) is 35.1 Å². The van der Waals surface area contributed by atoms with Crippen molar-refractivity contribution in [2.24, 2.45) is 0 Å². The largest absolute Gasteiger partial charge is 0.457 e. The van der Waals surface area contributed by atoms with E-state index in [4.69, 9.17) is 4.74 Å². The Balaban J connectivity index is 1.76. The van der Waals surface area contributed by atoms with Crippen molar-refractivity contribution in [3.05, 3.63) is 95.6 Å². The predicted octanol–water partition coefficient (Wildman–Crippen LogP) is 7.30. The summed E-state index contributed by atoms with van der Waals surface area (Å²) in [6.07, 6.45) is 6.33. The highest BCUT2D eigenvalue weighted by atomic mass is 16.5. The minimum atomic E-state index is -0.390.